The second-order valence-corrected chi connectivity index (χ2v) is 4.21. The smallest absolute Gasteiger partial charge is 0.140 e. The fourth-order valence-electron chi connectivity index (χ4n) is 2.00. The van der Waals surface area contributed by atoms with Crippen LogP contribution in [0, 0.1) is 11.8 Å². The maximum absolute atomic E-state index is 11.1. The van der Waals surface area contributed by atoms with Crippen LogP contribution in [0.2, 0.25) is 0 Å². The van der Waals surface area contributed by atoms with Gasteiger partial charge in [0.25, 0.3) is 0 Å². The molecular weight excluding hydrogens is 180 g/mol. The van der Waals surface area contributed by atoms with Crippen molar-refractivity contribution in [3.8, 4) is 0 Å². The minimum absolute atomic E-state index is 0.384. The van der Waals surface area contributed by atoms with Gasteiger partial charge in [0.2, 0.25) is 0 Å². The van der Waals surface area contributed by atoms with Crippen molar-refractivity contribution in [1.82, 2.24) is 0 Å². The van der Waals surface area contributed by atoms with Crippen molar-refractivity contribution in [1.29, 1.82) is 0 Å². The fourth-order valence-corrected chi connectivity index (χ4v) is 2.97. The van der Waals surface area contributed by atoms with Crippen molar-refractivity contribution >= 4 is 21.7 Å². The molecule has 0 unspecified atom stereocenters. The van der Waals surface area contributed by atoms with E-state index >= 15 is 0 Å². The van der Waals surface area contributed by atoms with Crippen molar-refractivity contribution in [2.24, 2.45) is 11.8 Å². The Labute approximate surface area is 62.9 Å². The summed E-state index contributed by atoms with van der Waals surface area (Å²) in [5.74, 6) is 1.34. The van der Waals surface area contributed by atoms with E-state index in [1.807, 2.05) is 0 Å². The topological polar surface area (TPSA) is 17.1 Å². The van der Waals surface area contributed by atoms with E-state index in [0.717, 1.165) is 19.3 Å². The highest BCUT2D eigenvalue weighted by Gasteiger charge is 2.45. The number of alkyl halides is 1. The molecule has 0 saturated heterocycles. The summed E-state index contributed by atoms with van der Waals surface area (Å²) in [7, 11) is 0. The third kappa shape index (κ3) is 0.689. The molecule has 0 amide bonds. The van der Waals surface area contributed by atoms with E-state index in [9.17, 15) is 4.79 Å². The third-order valence-corrected chi connectivity index (χ3v) is 3.55. The van der Waals surface area contributed by atoms with Crippen LogP contribution < -0.4 is 0 Å². The summed E-state index contributed by atoms with van der Waals surface area (Å²) in [6.07, 6.45) is 3.40. The highest BCUT2D eigenvalue weighted by atomic mass is 79.9. The number of carbonyl (C=O) groups excluding carboxylic acids is 1. The Bertz CT molecular complexity index is 155. The van der Waals surface area contributed by atoms with E-state index in [4.69, 9.17) is 0 Å². The largest absolute Gasteiger partial charge is 0.299 e. The molecule has 0 N–H and O–H groups in total. The first-order valence-corrected chi connectivity index (χ1v) is 4.38. The molecule has 0 aromatic rings. The van der Waals surface area contributed by atoms with Crippen LogP contribution in [0.1, 0.15) is 19.3 Å². The lowest BCUT2D eigenvalue weighted by Crippen LogP contribution is -2.10. The quantitative estimate of drug-likeness (QED) is 0.530. The van der Waals surface area contributed by atoms with Gasteiger partial charge in [-0.1, -0.05) is 15.9 Å². The normalized spacial score (nSPS) is 48.6. The number of hydrogen-bond acceptors (Lipinski definition) is 1. The van der Waals surface area contributed by atoms with Crippen molar-refractivity contribution in [2.75, 3.05) is 0 Å². The zero-order valence-corrected chi connectivity index (χ0v) is 6.73. The molecular formula is C7H9BrO. The molecule has 9 heavy (non-hydrogen) atoms. The number of carbonyl (C=O) groups is 1. The van der Waals surface area contributed by atoms with E-state index < -0.39 is 0 Å². The van der Waals surface area contributed by atoms with Gasteiger partial charge in [-0.05, 0) is 19.3 Å². The molecule has 2 bridgehead atoms. The molecule has 0 heterocycles. The Morgan fingerprint density at radius 3 is 2.44 bits per heavy atom. The first kappa shape index (κ1) is 5.90. The zero-order chi connectivity index (χ0) is 6.43. The Hall–Kier alpha value is 0.150. The summed E-state index contributed by atoms with van der Waals surface area (Å²) in [4.78, 5) is 11.7. The maximum Gasteiger partial charge on any atom is 0.140 e. The minimum Gasteiger partial charge on any atom is -0.299 e. The van der Waals surface area contributed by atoms with Gasteiger partial charge in [0.05, 0.1) is 0 Å². The Morgan fingerprint density at radius 2 is 2.22 bits per heavy atom. The van der Waals surface area contributed by atoms with Gasteiger partial charge < -0.3 is 0 Å². The first-order chi connectivity index (χ1) is 4.29. The minimum atomic E-state index is 0.384. The van der Waals surface area contributed by atoms with E-state index in [-0.39, 0.29) is 0 Å². The summed E-state index contributed by atoms with van der Waals surface area (Å²) < 4.78 is 0. The summed E-state index contributed by atoms with van der Waals surface area (Å²) in [5, 5.41) is 0. The van der Waals surface area contributed by atoms with Gasteiger partial charge in [-0.25, -0.2) is 0 Å². The van der Waals surface area contributed by atoms with Gasteiger partial charge in [0.1, 0.15) is 5.78 Å². The van der Waals surface area contributed by atoms with Crippen LogP contribution in [0.3, 0.4) is 0 Å². The first-order valence-electron chi connectivity index (χ1n) is 3.47. The standard InChI is InChI=1S/C7H9BrO/c8-6-3-4-1-2-5(6)7(4)9/h4-6H,1-3H2/t4-,5+,6-/m1/s1. The Morgan fingerprint density at radius 1 is 1.44 bits per heavy atom. The summed E-state index contributed by atoms with van der Waals surface area (Å²) in [6.45, 7) is 0. The second-order valence-electron chi connectivity index (χ2n) is 3.03. The molecule has 1 nitrogen and oxygen atoms in total. The van der Waals surface area contributed by atoms with Crippen molar-refractivity contribution < 1.29 is 4.79 Å². The highest BCUT2D eigenvalue weighted by molar-refractivity contribution is 9.09. The number of fused-ring (bicyclic) bond motifs is 2. The van der Waals surface area contributed by atoms with E-state index in [1.165, 1.54) is 0 Å². The van der Waals surface area contributed by atoms with Gasteiger partial charge in [0.15, 0.2) is 0 Å². The number of ketones is 1. The molecule has 0 aliphatic heterocycles. The SMILES string of the molecule is O=C1[C@@H]2CC[C@H]1[C@H](Br)C2. The Kier molecular flexibility index (Phi) is 1.19. The summed E-state index contributed by atoms with van der Waals surface area (Å²) in [6, 6.07) is 0. The highest BCUT2D eigenvalue weighted by Crippen LogP contribution is 2.44. The van der Waals surface area contributed by atoms with Crippen LogP contribution in [0.25, 0.3) is 0 Å². The third-order valence-electron chi connectivity index (χ3n) is 2.54. The molecule has 2 saturated carbocycles. The molecule has 2 fully saturated rings. The zero-order valence-electron chi connectivity index (χ0n) is 5.14. The summed E-state index contributed by atoms with van der Waals surface area (Å²) in [5.41, 5.74) is 0. The lowest BCUT2D eigenvalue weighted by Gasteiger charge is -2.11. The van der Waals surface area contributed by atoms with Crippen LogP contribution >= 0.6 is 15.9 Å². The van der Waals surface area contributed by atoms with Crippen molar-refractivity contribution in [2.45, 2.75) is 24.1 Å². The molecule has 2 aliphatic carbocycles. The van der Waals surface area contributed by atoms with E-state index in [1.54, 1.807) is 0 Å². The van der Waals surface area contributed by atoms with Gasteiger partial charge in [-0.15, -0.1) is 0 Å². The van der Waals surface area contributed by atoms with E-state index in [2.05, 4.69) is 15.9 Å². The van der Waals surface area contributed by atoms with E-state index in [0.29, 0.717) is 22.4 Å². The Balaban J connectivity index is 2.26. The van der Waals surface area contributed by atoms with Gasteiger partial charge in [-0.3, -0.25) is 4.79 Å². The monoisotopic (exact) mass is 188 g/mol. The number of halogens is 1. The lowest BCUT2D eigenvalue weighted by molar-refractivity contribution is -0.121. The van der Waals surface area contributed by atoms with Crippen LogP contribution in [-0.4, -0.2) is 10.6 Å². The molecule has 0 aromatic heterocycles. The van der Waals surface area contributed by atoms with Gasteiger partial charge >= 0.3 is 0 Å². The van der Waals surface area contributed by atoms with Gasteiger partial charge in [0, 0.05) is 16.7 Å². The number of rotatable bonds is 0. The molecule has 2 aliphatic rings. The fraction of sp³-hybridized carbons (Fsp3) is 0.857. The van der Waals surface area contributed by atoms with Crippen LogP contribution in [-0.2, 0) is 4.79 Å². The predicted molar refractivity (Wildman–Crippen MR) is 38.6 cm³/mol. The predicted octanol–water partition coefficient (Wildman–Crippen LogP) is 1.75. The van der Waals surface area contributed by atoms with Crippen LogP contribution in [0.5, 0.6) is 0 Å². The van der Waals surface area contributed by atoms with Crippen molar-refractivity contribution in [3.63, 3.8) is 0 Å². The molecule has 50 valence electrons. The molecule has 2 heteroatoms. The average Bonchev–Trinajstić information content (AvgIpc) is 2.25. The molecule has 2 rings (SSSR count). The molecule has 3 atom stereocenters. The maximum atomic E-state index is 11.1. The number of hydrogen-bond donors (Lipinski definition) is 0. The molecule has 0 radical (unpaired) electrons. The van der Waals surface area contributed by atoms with Crippen LogP contribution in [0.4, 0.5) is 0 Å². The summed E-state index contributed by atoms with van der Waals surface area (Å²) >= 11 is 3.51. The second kappa shape index (κ2) is 1.82. The molecule has 0 aromatic carbocycles. The lowest BCUT2D eigenvalue weighted by atomic mass is 10.0. The van der Waals surface area contributed by atoms with Crippen molar-refractivity contribution in [3.05, 3.63) is 0 Å². The van der Waals surface area contributed by atoms with Gasteiger partial charge in [-0.2, -0.15) is 0 Å². The average molecular weight is 189 g/mol. The molecule has 0 spiro atoms. The number of Topliss-reactive ketones (excluding diaryl/α,β-unsaturated/α-hetero) is 1. The van der Waals surface area contributed by atoms with Crippen LogP contribution in [0.15, 0.2) is 0 Å².